The number of rotatable bonds is 6. The Morgan fingerprint density at radius 1 is 1.11 bits per heavy atom. The van der Waals surface area contributed by atoms with Gasteiger partial charge in [-0.15, -0.1) is 0 Å². The van der Waals surface area contributed by atoms with Crippen molar-refractivity contribution < 1.29 is 9.47 Å². The van der Waals surface area contributed by atoms with Gasteiger partial charge in [-0.25, -0.2) is 10.2 Å². The minimum Gasteiger partial charge on any atom is -0.493 e. The van der Waals surface area contributed by atoms with E-state index in [0.29, 0.717) is 28.7 Å². The van der Waals surface area contributed by atoms with Gasteiger partial charge in [0, 0.05) is 21.1 Å². The van der Waals surface area contributed by atoms with Gasteiger partial charge in [-0.2, -0.15) is 10.1 Å². The number of hydrogen-bond acceptors (Lipinski definition) is 7. The summed E-state index contributed by atoms with van der Waals surface area (Å²) in [6, 6.07) is 7.33. The molecule has 0 atom stereocenters. The van der Waals surface area contributed by atoms with Crippen molar-refractivity contribution in [2.24, 2.45) is 26.2 Å². The lowest BCUT2D eigenvalue weighted by atomic mass is 10.3. The van der Waals surface area contributed by atoms with Crippen LogP contribution in [0.2, 0.25) is 0 Å². The molecule has 0 aliphatic rings. The zero-order valence-electron chi connectivity index (χ0n) is 16.4. The van der Waals surface area contributed by atoms with Crippen molar-refractivity contribution in [2.75, 3.05) is 19.1 Å². The lowest BCUT2D eigenvalue weighted by Crippen LogP contribution is -2.37. The monoisotopic (exact) mass is 386 g/mol. The second-order valence-corrected chi connectivity index (χ2v) is 6.27. The van der Waals surface area contributed by atoms with E-state index in [4.69, 9.17) is 9.47 Å². The van der Waals surface area contributed by atoms with Crippen molar-refractivity contribution in [3.05, 3.63) is 45.1 Å². The van der Waals surface area contributed by atoms with Gasteiger partial charge in [0.25, 0.3) is 5.56 Å². The molecule has 0 bridgehead atoms. The molecule has 0 aliphatic carbocycles. The SMILES string of the molecule is COc1ccccc1OCC(C)=NNc1nc2c(c(=O)n(C)c(=O)n2C)n1C. The second-order valence-electron chi connectivity index (χ2n) is 6.27. The zero-order valence-corrected chi connectivity index (χ0v) is 16.4. The first-order chi connectivity index (χ1) is 13.3. The summed E-state index contributed by atoms with van der Waals surface area (Å²) < 4.78 is 14.9. The van der Waals surface area contributed by atoms with Crippen LogP contribution in [0.5, 0.6) is 11.5 Å². The third-order valence-electron chi connectivity index (χ3n) is 4.33. The molecule has 0 saturated carbocycles. The van der Waals surface area contributed by atoms with Crippen LogP contribution in [-0.4, -0.2) is 38.1 Å². The fourth-order valence-corrected chi connectivity index (χ4v) is 2.72. The van der Waals surface area contributed by atoms with Crippen LogP contribution in [0.25, 0.3) is 11.2 Å². The Labute approximate surface area is 160 Å². The summed E-state index contributed by atoms with van der Waals surface area (Å²) in [6.07, 6.45) is 0. The first-order valence-corrected chi connectivity index (χ1v) is 8.52. The second kappa shape index (κ2) is 7.59. The standard InChI is InChI=1S/C18H22N6O4/c1-11(10-28-13-9-7-6-8-12(13)27-5)20-21-17-19-15-14(22(17)2)16(25)24(4)18(26)23(15)3/h6-9H,10H2,1-5H3,(H,19,21). The number of anilines is 1. The molecule has 0 unspecified atom stereocenters. The average Bonchev–Trinajstić information content (AvgIpc) is 3.04. The Bertz CT molecular complexity index is 1170. The van der Waals surface area contributed by atoms with Gasteiger partial charge in [-0.1, -0.05) is 12.1 Å². The molecule has 0 radical (unpaired) electrons. The van der Waals surface area contributed by atoms with Crippen LogP contribution >= 0.6 is 0 Å². The van der Waals surface area contributed by atoms with Gasteiger partial charge in [0.2, 0.25) is 5.95 Å². The van der Waals surface area contributed by atoms with E-state index in [1.54, 1.807) is 38.8 Å². The van der Waals surface area contributed by atoms with Crippen LogP contribution in [0.3, 0.4) is 0 Å². The average molecular weight is 386 g/mol. The molecule has 2 heterocycles. The van der Waals surface area contributed by atoms with E-state index >= 15 is 0 Å². The Balaban J connectivity index is 1.82. The van der Waals surface area contributed by atoms with E-state index in [1.165, 1.54) is 11.6 Å². The van der Waals surface area contributed by atoms with Gasteiger partial charge in [0.05, 0.1) is 12.8 Å². The Morgan fingerprint density at radius 3 is 2.46 bits per heavy atom. The van der Waals surface area contributed by atoms with Crippen LogP contribution < -0.4 is 26.1 Å². The summed E-state index contributed by atoms with van der Waals surface area (Å²) in [7, 11) is 6.26. The number of imidazole rings is 1. The molecule has 28 heavy (non-hydrogen) atoms. The Kier molecular flexibility index (Phi) is 5.21. The number of para-hydroxylation sites is 2. The molecule has 3 aromatic rings. The van der Waals surface area contributed by atoms with Crippen molar-refractivity contribution in [1.82, 2.24) is 18.7 Å². The highest BCUT2D eigenvalue weighted by atomic mass is 16.5. The topological polar surface area (TPSA) is 105 Å². The fourth-order valence-electron chi connectivity index (χ4n) is 2.72. The number of aryl methyl sites for hydroxylation is 2. The van der Waals surface area contributed by atoms with Gasteiger partial charge in [0.1, 0.15) is 6.61 Å². The number of hydrazone groups is 1. The summed E-state index contributed by atoms with van der Waals surface area (Å²) in [4.78, 5) is 28.8. The van der Waals surface area contributed by atoms with Gasteiger partial charge in [-0.3, -0.25) is 13.9 Å². The molecule has 2 aromatic heterocycles. The lowest BCUT2D eigenvalue weighted by Gasteiger charge is -2.10. The highest BCUT2D eigenvalue weighted by Crippen LogP contribution is 2.25. The number of nitrogens with zero attached hydrogens (tertiary/aromatic N) is 5. The molecule has 1 aromatic carbocycles. The van der Waals surface area contributed by atoms with Crippen molar-refractivity contribution in [1.29, 1.82) is 0 Å². The molecule has 148 valence electrons. The number of fused-ring (bicyclic) bond motifs is 1. The minimum absolute atomic E-state index is 0.234. The van der Waals surface area contributed by atoms with E-state index in [0.717, 1.165) is 4.57 Å². The summed E-state index contributed by atoms with van der Waals surface area (Å²) in [5.41, 5.74) is 3.22. The third kappa shape index (κ3) is 3.36. The van der Waals surface area contributed by atoms with Crippen LogP contribution in [0.4, 0.5) is 5.95 Å². The van der Waals surface area contributed by atoms with E-state index in [2.05, 4.69) is 15.5 Å². The van der Waals surface area contributed by atoms with Crippen LogP contribution in [-0.2, 0) is 21.1 Å². The number of nitrogens with one attached hydrogen (secondary N) is 1. The molecule has 10 heteroatoms. The Morgan fingerprint density at radius 2 is 1.79 bits per heavy atom. The smallest absolute Gasteiger partial charge is 0.332 e. The first kappa shape index (κ1) is 19.2. The number of hydrogen-bond donors (Lipinski definition) is 1. The van der Waals surface area contributed by atoms with Crippen LogP contribution in [0, 0.1) is 0 Å². The summed E-state index contributed by atoms with van der Waals surface area (Å²) in [5, 5.41) is 4.25. The normalized spacial score (nSPS) is 11.7. The van der Waals surface area contributed by atoms with Crippen molar-refractivity contribution in [2.45, 2.75) is 6.92 Å². The third-order valence-corrected chi connectivity index (χ3v) is 4.33. The summed E-state index contributed by atoms with van der Waals surface area (Å²) in [5.74, 6) is 1.58. The highest BCUT2D eigenvalue weighted by molar-refractivity contribution is 5.84. The van der Waals surface area contributed by atoms with E-state index in [1.807, 2.05) is 18.2 Å². The maximum absolute atomic E-state index is 12.4. The molecule has 0 amide bonds. The number of ether oxygens (including phenoxy) is 2. The highest BCUT2D eigenvalue weighted by Gasteiger charge is 2.16. The fraction of sp³-hybridized carbons (Fsp3) is 0.333. The molecule has 10 nitrogen and oxygen atoms in total. The number of benzene rings is 1. The molecule has 0 fully saturated rings. The molecule has 1 N–H and O–H groups in total. The number of aromatic nitrogens is 4. The molecule has 0 spiro atoms. The van der Waals surface area contributed by atoms with Crippen molar-refractivity contribution >= 4 is 22.8 Å². The minimum atomic E-state index is -0.438. The van der Waals surface area contributed by atoms with Crippen LogP contribution in [0.1, 0.15) is 6.92 Å². The molecule has 0 aliphatic heterocycles. The molecular weight excluding hydrogens is 364 g/mol. The number of methoxy groups -OCH3 is 1. The summed E-state index contributed by atoms with van der Waals surface area (Å²) >= 11 is 0. The van der Waals surface area contributed by atoms with Crippen LogP contribution in [0.15, 0.2) is 39.0 Å². The van der Waals surface area contributed by atoms with Gasteiger partial charge in [0.15, 0.2) is 22.7 Å². The predicted octanol–water partition coefficient (Wildman–Crippen LogP) is 0.846. The van der Waals surface area contributed by atoms with E-state index in [9.17, 15) is 9.59 Å². The van der Waals surface area contributed by atoms with Crippen molar-refractivity contribution in [3.63, 3.8) is 0 Å². The largest absolute Gasteiger partial charge is 0.493 e. The lowest BCUT2D eigenvalue weighted by molar-refractivity contribution is 0.334. The maximum Gasteiger partial charge on any atom is 0.332 e. The summed E-state index contributed by atoms with van der Waals surface area (Å²) in [6.45, 7) is 2.03. The van der Waals surface area contributed by atoms with Gasteiger partial charge >= 0.3 is 5.69 Å². The van der Waals surface area contributed by atoms with E-state index < -0.39 is 11.2 Å². The van der Waals surface area contributed by atoms with E-state index in [-0.39, 0.29) is 12.3 Å². The molecule has 0 saturated heterocycles. The molecular formula is C18H22N6O4. The van der Waals surface area contributed by atoms with Crippen molar-refractivity contribution in [3.8, 4) is 11.5 Å². The van der Waals surface area contributed by atoms with Gasteiger partial charge in [-0.05, 0) is 19.1 Å². The Hall–Kier alpha value is -3.56. The van der Waals surface area contributed by atoms with Gasteiger partial charge < -0.3 is 14.0 Å². The molecule has 3 rings (SSSR count). The quantitative estimate of drug-likeness (QED) is 0.497. The predicted molar refractivity (Wildman–Crippen MR) is 106 cm³/mol. The maximum atomic E-state index is 12.4. The first-order valence-electron chi connectivity index (χ1n) is 8.52. The zero-order chi connectivity index (χ0) is 20.4.